The van der Waals surface area contributed by atoms with Crippen molar-refractivity contribution in [3.05, 3.63) is 54.1 Å². The quantitative estimate of drug-likeness (QED) is 0.904. The number of benzene rings is 2. The number of ether oxygens (including phenoxy) is 2. The van der Waals surface area contributed by atoms with Crippen molar-refractivity contribution in [2.24, 2.45) is 0 Å². The molecule has 2 N–H and O–H groups in total. The summed E-state index contributed by atoms with van der Waals surface area (Å²) in [7, 11) is 1.28. The Kier molecular flexibility index (Phi) is 4.98. The molecule has 6 heteroatoms. The van der Waals surface area contributed by atoms with E-state index in [1.165, 1.54) is 7.11 Å². The molecule has 114 valence electrons. The van der Waals surface area contributed by atoms with E-state index in [-0.39, 0.29) is 0 Å². The monoisotopic (exact) mass is 300 g/mol. The maximum Gasteiger partial charge on any atom is 0.417 e. The second-order valence-corrected chi connectivity index (χ2v) is 4.47. The van der Waals surface area contributed by atoms with Gasteiger partial charge in [0.05, 0.1) is 7.11 Å². The highest BCUT2D eigenvalue weighted by Gasteiger charge is 2.09. The van der Waals surface area contributed by atoms with E-state index in [1.54, 1.807) is 42.5 Å². The molecule has 0 saturated heterocycles. The van der Waals surface area contributed by atoms with Crippen LogP contribution in [0.1, 0.15) is 5.56 Å². The molecular weight excluding hydrogens is 284 g/mol. The molecule has 0 aliphatic rings. The molecule has 6 nitrogen and oxygen atoms in total. The molecule has 0 heterocycles. The van der Waals surface area contributed by atoms with Crippen molar-refractivity contribution in [3.63, 3.8) is 0 Å². The zero-order valence-electron chi connectivity index (χ0n) is 12.3. The number of amides is 2. The van der Waals surface area contributed by atoms with Gasteiger partial charge in [-0.2, -0.15) is 0 Å². The van der Waals surface area contributed by atoms with Crippen LogP contribution in [0, 0.1) is 6.92 Å². The third-order valence-corrected chi connectivity index (χ3v) is 2.86. The summed E-state index contributed by atoms with van der Waals surface area (Å²) >= 11 is 0. The first-order valence-electron chi connectivity index (χ1n) is 6.58. The third-order valence-electron chi connectivity index (χ3n) is 2.86. The summed E-state index contributed by atoms with van der Waals surface area (Å²) in [6.45, 7) is 1.83. The van der Waals surface area contributed by atoms with Crippen LogP contribution in [-0.2, 0) is 4.74 Å². The first-order valence-corrected chi connectivity index (χ1v) is 6.58. The van der Waals surface area contributed by atoms with Gasteiger partial charge in [-0.05, 0) is 36.8 Å². The van der Waals surface area contributed by atoms with Crippen LogP contribution >= 0.6 is 0 Å². The first-order chi connectivity index (χ1) is 10.6. The summed E-state index contributed by atoms with van der Waals surface area (Å²) in [5.41, 5.74) is 1.88. The summed E-state index contributed by atoms with van der Waals surface area (Å²) in [5, 5.41) is 5.17. The van der Waals surface area contributed by atoms with Crippen molar-refractivity contribution < 1.29 is 19.1 Å². The summed E-state index contributed by atoms with van der Waals surface area (Å²) in [5.74, 6) is 0.446. The van der Waals surface area contributed by atoms with E-state index in [1.807, 2.05) is 13.0 Å². The highest BCUT2D eigenvalue weighted by molar-refractivity contribution is 5.90. The van der Waals surface area contributed by atoms with Crippen LogP contribution in [0.15, 0.2) is 48.5 Å². The number of aryl methyl sites for hydroxylation is 1. The highest BCUT2D eigenvalue weighted by Crippen LogP contribution is 2.21. The lowest BCUT2D eigenvalue weighted by Gasteiger charge is -2.11. The largest absolute Gasteiger partial charge is 0.453 e. The van der Waals surface area contributed by atoms with Gasteiger partial charge >= 0.3 is 12.2 Å². The number of carbonyl (C=O) groups is 2. The van der Waals surface area contributed by atoms with E-state index < -0.39 is 12.2 Å². The molecular formula is C16H16N2O4. The standard InChI is InChI=1S/C16H16N2O4/c1-11-8-9-12(17-15(19)21-2)10-14(11)18-16(20)22-13-6-4-3-5-7-13/h3-10H,1-2H3,(H,17,19)(H,18,20). The third kappa shape index (κ3) is 4.24. The van der Waals surface area contributed by atoms with Crippen molar-refractivity contribution in [3.8, 4) is 5.75 Å². The van der Waals surface area contributed by atoms with Gasteiger partial charge in [-0.25, -0.2) is 9.59 Å². The van der Waals surface area contributed by atoms with Gasteiger partial charge in [-0.15, -0.1) is 0 Å². The number of anilines is 2. The molecule has 0 radical (unpaired) electrons. The van der Waals surface area contributed by atoms with E-state index in [9.17, 15) is 9.59 Å². The molecule has 0 aromatic heterocycles. The van der Waals surface area contributed by atoms with Gasteiger partial charge in [0.2, 0.25) is 0 Å². The molecule has 0 saturated carbocycles. The van der Waals surface area contributed by atoms with Crippen LogP contribution < -0.4 is 15.4 Å². The molecule has 0 aliphatic heterocycles. The Morgan fingerprint density at radius 1 is 0.955 bits per heavy atom. The Morgan fingerprint density at radius 3 is 2.36 bits per heavy atom. The first kappa shape index (κ1) is 15.4. The van der Waals surface area contributed by atoms with Crippen molar-refractivity contribution in [1.82, 2.24) is 0 Å². The minimum atomic E-state index is -0.607. The fourth-order valence-corrected chi connectivity index (χ4v) is 1.73. The van der Waals surface area contributed by atoms with E-state index in [0.29, 0.717) is 17.1 Å². The van der Waals surface area contributed by atoms with Crippen LogP contribution in [0.25, 0.3) is 0 Å². The molecule has 0 fully saturated rings. The molecule has 2 aromatic rings. The normalized spacial score (nSPS) is 9.73. The van der Waals surface area contributed by atoms with Crippen LogP contribution in [0.3, 0.4) is 0 Å². The number of methoxy groups -OCH3 is 1. The van der Waals surface area contributed by atoms with Crippen molar-refractivity contribution in [2.75, 3.05) is 17.7 Å². The molecule has 22 heavy (non-hydrogen) atoms. The minimum Gasteiger partial charge on any atom is -0.453 e. The Bertz CT molecular complexity index is 671. The number of carbonyl (C=O) groups excluding carboxylic acids is 2. The molecule has 2 aromatic carbocycles. The fourth-order valence-electron chi connectivity index (χ4n) is 1.73. The Labute approximate surface area is 128 Å². The molecule has 0 spiro atoms. The van der Waals surface area contributed by atoms with E-state index in [0.717, 1.165) is 5.56 Å². The van der Waals surface area contributed by atoms with Gasteiger partial charge in [0.1, 0.15) is 5.75 Å². The summed E-state index contributed by atoms with van der Waals surface area (Å²) in [6.07, 6.45) is -1.19. The Morgan fingerprint density at radius 2 is 1.68 bits per heavy atom. The van der Waals surface area contributed by atoms with Crippen molar-refractivity contribution in [2.45, 2.75) is 6.92 Å². The number of rotatable bonds is 3. The molecule has 2 amide bonds. The van der Waals surface area contributed by atoms with Gasteiger partial charge in [-0.1, -0.05) is 24.3 Å². The van der Waals surface area contributed by atoms with E-state index in [4.69, 9.17) is 4.74 Å². The summed E-state index contributed by atoms with van der Waals surface area (Å²) < 4.78 is 9.68. The Balaban J connectivity index is 2.06. The van der Waals surface area contributed by atoms with Gasteiger partial charge in [0.15, 0.2) is 0 Å². The van der Waals surface area contributed by atoms with Crippen LogP contribution in [-0.4, -0.2) is 19.3 Å². The van der Waals surface area contributed by atoms with Crippen molar-refractivity contribution in [1.29, 1.82) is 0 Å². The summed E-state index contributed by atoms with van der Waals surface area (Å²) in [4.78, 5) is 23.1. The van der Waals surface area contributed by atoms with E-state index >= 15 is 0 Å². The van der Waals surface area contributed by atoms with Gasteiger partial charge in [0.25, 0.3) is 0 Å². The zero-order valence-corrected chi connectivity index (χ0v) is 12.3. The lowest BCUT2D eigenvalue weighted by molar-refractivity contribution is 0.187. The lowest BCUT2D eigenvalue weighted by Crippen LogP contribution is -2.18. The lowest BCUT2D eigenvalue weighted by atomic mass is 10.2. The van der Waals surface area contributed by atoms with Gasteiger partial charge in [-0.3, -0.25) is 10.6 Å². The Hall–Kier alpha value is -3.02. The fraction of sp³-hybridized carbons (Fsp3) is 0.125. The molecule has 0 atom stereocenters. The van der Waals surface area contributed by atoms with Gasteiger partial charge < -0.3 is 9.47 Å². The molecule has 0 bridgehead atoms. The highest BCUT2D eigenvalue weighted by atomic mass is 16.6. The minimum absolute atomic E-state index is 0.446. The van der Waals surface area contributed by atoms with Gasteiger partial charge in [0, 0.05) is 11.4 Å². The predicted octanol–water partition coefficient (Wildman–Crippen LogP) is 3.78. The summed E-state index contributed by atoms with van der Waals surface area (Å²) in [6, 6.07) is 13.8. The number of hydrogen-bond donors (Lipinski definition) is 2. The van der Waals surface area contributed by atoms with Crippen LogP contribution in [0.5, 0.6) is 5.75 Å². The predicted molar refractivity (Wildman–Crippen MR) is 83.3 cm³/mol. The second-order valence-electron chi connectivity index (χ2n) is 4.47. The second kappa shape index (κ2) is 7.12. The number of nitrogens with one attached hydrogen (secondary N) is 2. The maximum absolute atomic E-state index is 11.9. The molecule has 0 unspecified atom stereocenters. The topological polar surface area (TPSA) is 76.7 Å². The average molecular weight is 300 g/mol. The number of hydrogen-bond acceptors (Lipinski definition) is 4. The maximum atomic E-state index is 11.9. The van der Waals surface area contributed by atoms with Crippen LogP contribution in [0.4, 0.5) is 21.0 Å². The molecule has 2 rings (SSSR count). The van der Waals surface area contributed by atoms with Crippen LogP contribution in [0.2, 0.25) is 0 Å². The average Bonchev–Trinajstić information content (AvgIpc) is 2.51. The SMILES string of the molecule is COC(=O)Nc1ccc(C)c(NC(=O)Oc2ccccc2)c1. The van der Waals surface area contributed by atoms with Crippen molar-refractivity contribution >= 4 is 23.6 Å². The number of para-hydroxylation sites is 1. The zero-order chi connectivity index (χ0) is 15.9. The smallest absolute Gasteiger partial charge is 0.417 e. The van der Waals surface area contributed by atoms with E-state index in [2.05, 4.69) is 15.4 Å². The molecule has 0 aliphatic carbocycles.